The third-order valence-corrected chi connectivity index (χ3v) is 3.66. The van der Waals surface area contributed by atoms with Crippen molar-refractivity contribution < 1.29 is 4.79 Å². The molecule has 0 N–H and O–H groups in total. The first kappa shape index (κ1) is 20.0. The fourth-order valence-electron chi connectivity index (χ4n) is 2.31. The van der Waals surface area contributed by atoms with Gasteiger partial charge in [0.1, 0.15) is 6.29 Å². The van der Waals surface area contributed by atoms with Gasteiger partial charge in [0.2, 0.25) is 0 Å². The summed E-state index contributed by atoms with van der Waals surface area (Å²) in [5, 5.41) is 0. The first-order chi connectivity index (χ1) is 10.2. The van der Waals surface area contributed by atoms with Crippen molar-refractivity contribution in [1.82, 2.24) is 0 Å². The molecule has 21 heavy (non-hydrogen) atoms. The molecule has 1 atom stereocenters. The molecule has 1 unspecified atom stereocenters. The number of rotatable bonds is 12. The second kappa shape index (κ2) is 15.4. The maximum Gasteiger partial charge on any atom is 0.120 e. The molecule has 0 saturated heterocycles. The molecule has 0 aliphatic carbocycles. The van der Waals surface area contributed by atoms with Gasteiger partial charge in [-0.1, -0.05) is 77.2 Å². The topological polar surface area (TPSA) is 17.1 Å². The molecule has 0 heterocycles. The van der Waals surface area contributed by atoms with Crippen molar-refractivity contribution in [1.29, 1.82) is 0 Å². The van der Waals surface area contributed by atoms with E-state index in [1.165, 1.54) is 56.9 Å². The monoisotopic (exact) mass is 290 g/mol. The van der Waals surface area contributed by atoms with Crippen LogP contribution in [0.5, 0.6) is 0 Å². The zero-order chi connectivity index (χ0) is 15.8. The van der Waals surface area contributed by atoms with Crippen LogP contribution in [0, 0.1) is 17.8 Å². The highest BCUT2D eigenvalue weighted by Crippen LogP contribution is 2.14. The molecule has 0 bridgehead atoms. The molecule has 0 rings (SSSR count). The molecule has 0 fully saturated rings. The van der Waals surface area contributed by atoms with E-state index in [-0.39, 0.29) is 0 Å². The Bertz CT molecular complexity index is 329. The Hall–Kier alpha value is -1.03. The molecular weight excluding hydrogens is 256 g/mol. The van der Waals surface area contributed by atoms with Crippen LogP contribution in [0.2, 0.25) is 0 Å². The standard InChI is InChI=1S/C20H34O/c1-4-6-8-10-11-13-15-20(14-12-9-7-5-2)18-19(3)16-17-21/h17-19H,4-12,14,16H2,1-3H3. The van der Waals surface area contributed by atoms with Gasteiger partial charge in [-0.2, -0.15) is 0 Å². The molecular formula is C20H34O. The van der Waals surface area contributed by atoms with Gasteiger partial charge in [0.15, 0.2) is 0 Å². The zero-order valence-corrected chi connectivity index (χ0v) is 14.4. The molecule has 0 aromatic carbocycles. The lowest BCUT2D eigenvalue weighted by atomic mass is 10.00. The van der Waals surface area contributed by atoms with E-state index in [4.69, 9.17) is 0 Å². The lowest BCUT2D eigenvalue weighted by Crippen LogP contribution is -1.93. The van der Waals surface area contributed by atoms with Crippen LogP contribution < -0.4 is 0 Å². The summed E-state index contributed by atoms with van der Waals surface area (Å²) in [5.41, 5.74) is 1.25. The molecule has 0 aromatic rings. The lowest BCUT2D eigenvalue weighted by molar-refractivity contribution is -0.108. The number of hydrogen-bond acceptors (Lipinski definition) is 1. The number of hydrogen-bond donors (Lipinski definition) is 0. The first-order valence-corrected chi connectivity index (χ1v) is 8.87. The van der Waals surface area contributed by atoms with Crippen LogP contribution >= 0.6 is 0 Å². The van der Waals surface area contributed by atoms with E-state index in [0.717, 1.165) is 19.1 Å². The van der Waals surface area contributed by atoms with Gasteiger partial charge in [0, 0.05) is 12.8 Å². The lowest BCUT2D eigenvalue weighted by Gasteiger charge is -2.05. The molecule has 0 amide bonds. The van der Waals surface area contributed by atoms with Crippen molar-refractivity contribution in [2.24, 2.45) is 5.92 Å². The summed E-state index contributed by atoms with van der Waals surface area (Å²) in [7, 11) is 0. The van der Waals surface area contributed by atoms with Gasteiger partial charge >= 0.3 is 0 Å². The number of allylic oxidation sites excluding steroid dienone is 2. The summed E-state index contributed by atoms with van der Waals surface area (Å²) < 4.78 is 0. The van der Waals surface area contributed by atoms with E-state index in [0.29, 0.717) is 12.3 Å². The molecule has 0 aliphatic heterocycles. The summed E-state index contributed by atoms with van der Waals surface area (Å²) >= 11 is 0. The molecule has 0 saturated carbocycles. The van der Waals surface area contributed by atoms with Crippen LogP contribution in [0.1, 0.15) is 91.4 Å². The second-order valence-corrected chi connectivity index (χ2v) is 5.99. The quantitative estimate of drug-likeness (QED) is 0.242. The van der Waals surface area contributed by atoms with E-state index in [9.17, 15) is 4.79 Å². The Labute approximate surface area is 132 Å². The first-order valence-electron chi connectivity index (χ1n) is 8.87. The maximum absolute atomic E-state index is 10.6. The largest absolute Gasteiger partial charge is 0.303 e. The van der Waals surface area contributed by atoms with Crippen molar-refractivity contribution in [2.75, 3.05) is 0 Å². The van der Waals surface area contributed by atoms with Crippen molar-refractivity contribution in [2.45, 2.75) is 91.4 Å². The Morgan fingerprint density at radius 1 is 1.00 bits per heavy atom. The van der Waals surface area contributed by atoms with Gasteiger partial charge in [0.05, 0.1) is 0 Å². The normalized spacial score (nSPS) is 12.6. The van der Waals surface area contributed by atoms with Gasteiger partial charge < -0.3 is 4.79 Å². The number of carbonyl (C=O) groups is 1. The predicted molar refractivity (Wildman–Crippen MR) is 93.2 cm³/mol. The number of unbranched alkanes of at least 4 members (excludes halogenated alkanes) is 7. The SMILES string of the molecule is CCCCCCC#CC(=CC(C)CC=O)CCCCCC. The summed E-state index contributed by atoms with van der Waals surface area (Å²) in [6.45, 7) is 6.57. The summed E-state index contributed by atoms with van der Waals surface area (Å²) in [6.07, 6.45) is 16.1. The Morgan fingerprint density at radius 2 is 1.67 bits per heavy atom. The molecule has 1 heteroatoms. The van der Waals surface area contributed by atoms with Crippen LogP contribution in [0.3, 0.4) is 0 Å². The third-order valence-electron chi connectivity index (χ3n) is 3.66. The average Bonchev–Trinajstić information content (AvgIpc) is 2.47. The molecule has 0 spiro atoms. The van der Waals surface area contributed by atoms with Crippen molar-refractivity contribution in [3.05, 3.63) is 11.6 Å². The molecule has 0 radical (unpaired) electrons. The fraction of sp³-hybridized carbons (Fsp3) is 0.750. The van der Waals surface area contributed by atoms with Gasteiger partial charge in [-0.05, 0) is 30.8 Å². The summed E-state index contributed by atoms with van der Waals surface area (Å²) in [6, 6.07) is 0. The van der Waals surface area contributed by atoms with E-state index in [1.807, 2.05) is 0 Å². The van der Waals surface area contributed by atoms with Crippen LogP contribution in [0.15, 0.2) is 11.6 Å². The van der Waals surface area contributed by atoms with Gasteiger partial charge in [-0.25, -0.2) is 0 Å². The molecule has 0 aromatic heterocycles. The van der Waals surface area contributed by atoms with Crippen molar-refractivity contribution in [3.8, 4) is 11.8 Å². The highest BCUT2D eigenvalue weighted by Gasteiger charge is 2.00. The minimum atomic E-state index is 0.318. The Kier molecular flexibility index (Phi) is 14.6. The van der Waals surface area contributed by atoms with Gasteiger partial charge in [-0.15, -0.1) is 0 Å². The molecule has 1 nitrogen and oxygen atoms in total. The average molecular weight is 290 g/mol. The number of aldehydes is 1. The number of carbonyl (C=O) groups excluding carboxylic acids is 1. The Balaban J connectivity index is 4.29. The van der Waals surface area contributed by atoms with E-state index in [2.05, 4.69) is 38.7 Å². The van der Waals surface area contributed by atoms with Crippen molar-refractivity contribution >= 4 is 6.29 Å². The minimum absolute atomic E-state index is 0.318. The maximum atomic E-state index is 10.6. The predicted octanol–water partition coefficient (Wildman–Crippen LogP) is 6.08. The highest BCUT2D eigenvalue weighted by molar-refractivity contribution is 5.50. The van der Waals surface area contributed by atoms with E-state index >= 15 is 0 Å². The molecule has 0 aliphatic rings. The summed E-state index contributed by atoms with van der Waals surface area (Å²) in [5.74, 6) is 7.00. The van der Waals surface area contributed by atoms with Crippen molar-refractivity contribution in [3.63, 3.8) is 0 Å². The van der Waals surface area contributed by atoms with Crippen LogP contribution in [-0.2, 0) is 4.79 Å². The minimum Gasteiger partial charge on any atom is -0.303 e. The fourth-order valence-corrected chi connectivity index (χ4v) is 2.31. The highest BCUT2D eigenvalue weighted by atomic mass is 16.1. The van der Waals surface area contributed by atoms with Crippen LogP contribution in [0.4, 0.5) is 0 Å². The van der Waals surface area contributed by atoms with Gasteiger partial charge in [0.25, 0.3) is 0 Å². The van der Waals surface area contributed by atoms with Crippen LogP contribution in [-0.4, -0.2) is 6.29 Å². The second-order valence-electron chi connectivity index (χ2n) is 5.99. The third kappa shape index (κ3) is 13.7. The zero-order valence-electron chi connectivity index (χ0n) is 14.4. The van der Waals surface area contributed by atoms with Crippen LogP contribution in [0.25, 0.3) is 0 Å². The summed E-state index contributed by atoms with van der Waals surface area (Å²) in [4.78, 5) is 10.6. The van der Waals surface area contributed by atoms with Gasteiger partial charge in [-0.3, -0.25) is 0 Å². The smallest absolute Gasteiger partial charge is 0.120 e. The Morgan fingerprint density at radius 3 is 2.29 bits per heavy atom. The van der Waals surface area contributed by atoms with E-state index in [1.54, 1.807) is 0 Å². The van der Waals surface area contributed by atoms with E-state index < -0.39 is 0 Å². The molecule has 120 valence electrons.